The van der Waals surface area contributed by atoms with E-state index in [1.807, 2.05) is 65.6 Å². The molecule has 29 heavy (non-hydrogen) atoms. The fourth-order valence-electron chi connectivity index (χ4n) is 3.64. The van der Waals surface area contributed by atoms with Gasteiger partial charge in [0.05, 0.1) is 0 Å². The second-order valence-electron chi connectivity index (χ2n) is 7.28. The zero-order valence-electron chi connectivity index (χ0n) is 16.5. The number of hydrogen-bond donors (Lipinski definition) is 0. The minimum absolute atomic E-state index is 0.248. The number of carbonyl (C=O) groups excluding carboxylic acids is 1. The molecule has 1 amide bonds. The van der Waals surface area contributed by atoms with Crippen molar-refractivity contribution in [2.75, 3.05) is 18.8 Å². The SMILES string of the molecule is O=C(CCSc1nc(-c2ccccc2)c(-c2ccccc2)o1)N1CCCCCC1. The van der Waals surface area contributed by atoms with Crippen LogP contribution in [-0.4, -0.2) is 34.6 Å². The first-order chi connectivity index (χ1) is 14.3. The Hall–Kier alpha value is -2.53. The van der Waals surface area contributed by atoms with E-state index in [4.69, 9.17) is 9.40 Å². The predicted octanol–water partition coefficient (Wildman–Crippen LogP) is 5.89. The van der Waals surface area contributed by atoms with E-state index >= 15 is 0 Å². The number of likely N-dealkylation sites (tertiary alicyclic amines) is 1. The number of rotatable bonds is 6. The Kier molecular flexibility index (Phi) is 6.67. The summed E-state index contributed by atoms with van der Waals surface area (Å²) in [5, 5.41) is 0.617. The minimum Gasteiger partial charge on any atom is -0.431 e. The quantitative estimate of drug-likeness (QED) is 0.479. The lowest BCUT2D eigenvalue weighted by atomic mass is 10.1. The van der Waals surface area contributed by atoms with Crippen molar-refractivity contribution >= 4 is 17.7 Å². The lowest BCUT2D eigenvalue weighted by Gasteiger charge is -2.19. The van der Waals surface area contributed by atoms with Crippen LogP contribution in [0.2, 0.25) is 0 Å². The van der Waals surface area contributed by atoms with Crippen molar-refractivity contribution in [1.29, 1.82) is 0 Å². The summed E-state index contributed by atoms with van der Waals surface area (Å²) in [6, 6.07) is 20.1. The molecule has 0 spiro atoms. The van der Waals surface area contributed by atoms with Gasteiger partial charge in [0, 0.05) is 36.4 Å². The summed E-state index contributed by atoms with van der Waals surface area (Å²) in [6.45, 7) is 1.80. The van der Waals surface area contributed by atoms with Crippen LogP contribution in [-0.2, 0) is 4.79 Å². The van der Waals surface area contributed by atoms with Crippen molar-refractivity contribution < 1.29 is 9.21 Å². The maximum atomic E-state index is 12.5. The molecule has 1 fully saturated rings. The summed E-state index contributed by atoms with van der Waals surface area (Å²) >= 11 is 1.52. The van der Waals surface area contributed by atoms with Crippen molar-refractivity contribution in [3.63, 3.8) is 0 Å². The van der Waals surface area contributed by atoms with Crippen LogP contribution in [0.15, 0.2) is 70.3 Å². The summed E-state index contributed by atoms with van der Waals surface area (Å²) < 4.78 is 6.13. The Balaban J connectivity index is 1.46. The molecule has 150 valence electrons. The molecule has 1 aliphatic rings. The number of nitrogens with zero attached hydrogens (tertiary/aromatic N) is 2. The first kappa shape index (κ1) is 19.8. The first-order valence-corrected chi connectivity index (χ1v) is 11.3. The van der Waals surface area contributed by atoms with Gasteiger partial charge in [-0.05, 0) is 12.8 Å². The van der Waals surface area contributed by atoms with Crippen molar-refractivity contribution in [1.82, 2.24) is 9.88 Å². The van der Waals surface area contributed by atoms with Gasteiger partial charge in [-0.3, -0.25) is 4.79 Å². The highest BCUT2D eigenvalue weighted by Crippen LogP contribution is 2.35. The molecular formula is C24H26N2O2S. The van der Waals surface area contributed by atoms with E-state index in [9.17, 15) is 4.79 Å². The average molecular weight is 407 g/mol. The fraction of sp³-hybridized carbons (Fsp3) is 0.333. The first-order valence-electron chi connectivity index (χ1n) is 10.3. The molecular weight excluding hydrogens is 380 g/mol. The molecule has 0 aliphatic carbocycles. The Bertz CT molecular complexity index is 860. The standard InChI is InChI=1S/C24H26N2O2S/c27-21(26-16-9-1-2-10-17-26)15-18-29-24-25-22(19-11-5-3-6-12-19)23(28-24)20-13-7-4-8-14-20/h3-8,11-14H,1-2,9-10,15-18H2. The highest BCUT2D eigenvalue weighted by atomic mass is 32.2. The van der Waals surface area contributed by atoms with E-state index in [0.717, 1.165) is 48.5 Å². The molecule has 4 rings (SSSR count). The van der Waals surface area contributed by atoms with Crippen LogP contribution in [0.1, 0.15) is 32.1 Å². The Labute approximate surface area is 176 Å². The van der Waals surface area contributed by atoms with Gasteiger partial charge in [0.25, 0.3) is 5.22 Å². The summed E-state index contributed by atoms with van der Waals surface area (Å²) in [5.41, 5.74) is 2.88. The molecule has 2 heterocycles. The van der Waals surface area contributed by atoms with Crippen LogP contribution >= 0.6 is 11.8 Å². The number of thioether (sulfide) groups is 1. The molecule has 0 unspecified atom stereocenters. The lowest BCUT2D eigenvalue weighted by Crippen LogP contribution is -2.31. The highest BCUT2D eigenvalue weighted by molar-refractivity contribution is 7.99. The normalized spacial score (nSPS) is 14.6. The summed E-state index contributed by atoms with van der Waals surface area (Å²) in [7, 11) is 0. The van der Waals surface area contributed by atoms with Crippen LogP contribution < -0.4 is 0 Å². The molecule has 3 aromatic rings. The van der Waals surface area contributed by atoms with Gasteiger partial charge in [0.2, 0.25) is 5.91 Å². The minimum atomic E-state index is 0.248. The van der Waals surface area contributed by atoms with Gasteiger partial charge >= 0.3 is 0 Å². The summed E-state index contributed by atoms with van der Waals surface area (Å²) in [6.07, 6.45) is 5.24. The van der Waals surface area contributed by atoms with Gasteiger partial charge in [0.15, 0.2) is 5.76 Å². The van der Waals surface area contributed by atoms with Gasteiger partial charge in [-0.25, -0.2) is 4.98 Å². The van der Waals surface area contributed by atoms with E-state index in [0.29, 0.717) is 17.4 Å². The van der Waals surface area contributed by atoms with Crippen LogP contribution in [0, 0.1) is 0 Å². The average Bonchev–Trinajstić information content (AvgIpc) is 3.00. The number of aromatic nitrogens is 1. The van der Waals surface area contributed by atoms with E-state index in [2.05, 4.69) is 0 Å². The maximum absolute atomic E-state index is 12.5. The Morgan fingerprint density at radius 2 is 1.52 bits per heavy atom. The number of amides is 1. The Morgan fingerprint density at radius 3 is 2.17 bits per heavy atom. The molecule has 1 aliphatic heterocycles. The van der Waals surface area contributed by atoms with Crippen LogP contribution in [0.25, 0.3) is 22.6 Å². The van der Waals surface area contributed by atoms with Crippen LogP contribution in [0.4, 0.5) is 0 Å². The molecule has 0 atom stereocenters. The molecule has 0 N–H and O–H groups in total. The topological polar surface area (TPSA) is 46.3 Å². The summed E-state index contributed by atoms with van der Waals surface area (Å²) in [4.78, 5) is 19.3. The van der Waals surface area contributed by atoms with Gasteiger partial charge in [-0.1, -0.05) is 85.3 Å². The fourth-order valence-corrected chi connectivity index (χ4v) is 4.39. The van der Waals surface area contributed by atoms with Crippen molar-refractivity contribution in [3.05, 3.63) is 60.7 Å². The molecule has 0 saturated carbocycles. The third kappa shape index (κ3) is 5.10. The third-order valence-electron chi connectivity index (χ3n) is 5.19. The van der Waals surface area contributed by atoms with E-state index in [1.165, 1.54) is 24.6 Å². The Morgan fingerprint density at radius 1 is 0.897 bits per heavy atom. The highest BCUT2D eigenvalue weighted by Gasteiger charge is 2.19. The van der Waals surface area contributed by atoms with Gasteiger partial charge < -0.3 is 9.32 Å². The zero-order valence-corrected chi connectivity index (χ0v) is 17.4. The van der Waals surface area contributed by atoms with Crippen molar-refractivity contribution in [2.24, 2.45) is 0 Å². The monoisotopic (exact) mass is 406 g/mol. The molecule has 0 bridgehead atoms. The third-order valence-corrected chi connectivity index (χ3v) is 6.02. The van der Waals surface area contributed by atoms with E-state index < -0.39 is 0 Å². The second kappa shape index (κ2) is 9.79. The maximum Gasteiger partial charge on any atom is 0.256 e. The molecule has 4 nitrogen and oxygen atoms in total. The molecule has 0 radical (unpaired) electrons. The smallest absolute Gasteiger partial charge is 0.256 e. The zero-order chi connectivity index (χ0) is 19.9. The van der Waals surface area contributed by atoms with Crippen LogP contribution in [0.5, 0.6) is 0 Å². The number of oxazole rings is 1. The van der Waals surface area contributed by atoms with Crippen molar-refractivity contribution in [3.8, 4) is 22.6 Å². The van der Waals surface area contributed by atoms with E-state index in [-0.39, 0.29) is 5.91 Å². The molecule has 1 saturated heterocycles. The van der Waals surface area contributed by atoms with Crippen molar-refractivity contribution in [2.45, 2.75) is 37.3 Å². The molecule has 5 heteroatoms. The summed E-state index contributed by atoms with van der Waals surface area (Å²) in [5.74, 6) is 1.70. The largest absolute Gasteiger partial charge is 0.431 e. The van der Waals surface area contributed by atoms with Crippen LogP contribution in [0.3, 0.4) is 0 Å². The van der Waals surface area contributed by atoms with Gasteiger partial charge in [0.1, 0.15) is 5.69 Å². The number of carbonyl (C=O) groups is 1. The number of hydrogen-bond acceptors (Lipinski definition) is 4. The number of benzene rings is 2. The van der Waals surface area contributed by atoms with E-state index in [1.54, 1.807) is 0 Å². The second-order valence-corrected chi connectivity index (χ2v) is 8.33. The van der Waals surface area contributed by atoms with Gasteiger partial charge in [-0.2, -0.15) is 0 Å². The molecule has 1 aromatic heterocycles. The van der Waals surface area contributed by atoms with Gasteiger partial charge in [-0.15, -0.1) is 0 Å². The lowest BCUT2D eigenvalue weighted by molar-refractivity contribution is -0.130. The molecule has 2 aromatic carbocycles. The predicted molar refractivity (Wildman–Crippen MR) is 118 cm³/mol.